The van der Waals surface area contributed by atoms with E-state index in [4.69, 9.17) is 9.47 Å². The smallest absolute Gasteiger partial charge is 0.227 e. The van der Waals surface area contributed by atoms with E-state index in [0.717, 1.165) is 28.8 Å². The molecule has 0 radical (unpaired) electrons. The predicted octanol–water partition coefficient (Wildman–Crippen LogP) is 2.25. The Hall–Kier alpha value is -1.07. The van der Waals surface area contributed by atoms with Crippen molar-refractivity contribution in [2.45, 2.75) is 18.9 Å². The summed E-state index contributed by atoms with van der Waals surface area (Å²) in [6.45, 7) is 1.46. The highest BCUT2D eigenvalue weighted by molar-refractivity contribution is 9.10. The molecule has 0 spiro atoms. The fraction of sp³-hybridized carbons (Fsp3) is 0.500. The molecule has 1 aromatic carbocycles. The van der Waals surface area contributed by atoms with Gasteiger partial charge in [0.1, 0.15) is 5.75 Å². The molecule has 1 aliphatic heterocycles. The van der Waals surface area contributed by atoms with Crippen molar-refractivity contribution < 1.29 is 14.3 Å². The highest BCUT2D eigenvalue weighted by Crippen LogP contribution is 2.24. The molecule has 0 aliphatic carbocycles. The summed E-state index contributed by atoms with van der Waals surface area (Å²) in [6.07, 6.45) is 1.45. The van der Waals surface area contributed by atoms with Crippen molar-refractivity contribution in [1.29, 1.82) is 0 Å². The first-order chi connectivity index (χ1) is 9.13. The number of nitrogens with zero attached hydrogens (tertiary/aromatic N) is 1. The third kappa shape index (κ3) is 3.48. The molecule has 1 aliphatic rings. The predicted molar refractivity (Wildman–Crippen MR) is 76.4 cm³/mol. The molecule has 104 valence electrons. The Bertz CT molecular complexity index is 464. The van der Waals surface area contributed by atoms with Gasteiger partial charge in [-0.15, -0.1) is 0 Å². The fourth-order valence-electron chi connectivity index (χ4n) is 2.31. The Labute approximate surface area is 121 Å². The number of benzene rings is 1. The first-order valence-electron chi connectivity index (χ1n) is 6.27. The minimum absolute atomic E-state index is 0.121. The van der Waals surface area contributed by atoms with Gasteiger partial charge >= 0.3 is 0 Å². The number of amides is 1. The molecule has 1 fully saturated rings. The van der Waals surface area contributed by atoms with E-state index in [9.17, 15) is 4.79 Å². The Balaban J connectivity index is 2.05. The van der Waals surface area contributed by atoms with Crippen LogP contribution in [0.25, 0.3) is 0 Å². The van der Waals surface area contributed by atoms with Crippen LogP contribution in [0.3, 0.4) is 0 Å². The van der Waals surface area contributed by atoms with E-state index in [2.05, 4.69) is 15.9 Å². The lowest BCUT2D eigenvalue weighted by Gasteiger charge is -2.17. The van der Waals surface area contributed by atoms with Gasteiger partial charge in [0.25, 0.3) is 0 Å². The zero-order valence-corrected chi connectivity index (χ0v) is 12.8. The lowest BCUT2D eigenvalue weighted by atomic mass is 10.1. The molecule has 4 nitrogen and oxygen atoms in total. The summed E-state index contributed by atoms with van der Waals surface area (Å²) in [5.74, 6) is 0.870. The number of carbonyl (C=O) groups excluding carboxylic acids is 1. The van der Waals surface area contributed by atoms with Crippen molar-refractivity contribution in [3.05, 3.63) is 28.2 Å². The molecule has 1 atom stereocenters. The maximum absolute atomic E-state index is 12.3. The second kappa shape index (κ2) is 6.39. The van der Waals surface area contributed by atoms with Crippen molar-refractivity contribution in [2.24, 2.45) is 0 Å². The first-order valence-corrected chi connectivity index (χ1v) is 7.06. The lowest BCUT2D eigenvalue weighted by molar-refractivity contribution is -0.129. The van der Waals surface area contributed by atoms with Crippen LogP contribution in [0.4, 0.5) is 0 Å². The van der Waals surface area contributed by atoms with Gasteiger partial charge < -0.3 is 14.4 Å². The van der Waals surface area contributed by atoms with Crippen molar-refractivity contribution in [3.63, 3.8) is 0 Å². The Morgan fingerprint density at radius 1 is 1.47 bits per heavy atom. The lowest BCUT2D eigenvalue weighted by Crippen LogP contribution is -2.31. The van der Waals surface area contributed by atoms with Gasteiger partial charge in [-0.05, 0) is 24.6 Å². The van der Waals surface area contributed by atoms with E-state index in [1.54, 1.807) is 14.2 Å². The van der Waals surface area contributed by atoms with Gasteiger partial charge in [0, 0.05) is 30.2 Å². The van der Waals surface area contributed by atoms with E-state index in [1.165, 1.54) is 0 Å². The van der Waals surface area contributed by atoms with Crippen LogP contribution in [0.2, 0.25) is 0 Å². The quantitative estimate of drug-likeness (QED) is 0.851. The number of methoxy groups -OCH3 is 2. The highest BCUT2D eigenvalue weighted by Gasteiger charge is 2.26. The summed E-state index contributed by atoms with van der Waals surface area (Å²) in [5.41, 5.74) is 0.905. The Morgan fingerprint density at radius 2 is 2.26 bits per heavy atom. The number of carbonyl (C=O) groups is 1. The van der Waals surface area contributed by atoms with Crippen molar-refractivity contribution in [3.8, 4) is 5.75 Å². The standard InChI is InChI=1S/C14H18BrNO3/c1-18-12-5-6-16(9-12)14(17)8-10-7-11(15)3-4-13(10)19-2/h3-4,7,12H,5-6,8-9H2,1-2H3/t12-/m1/s1. The molecule has 1 saturated heterocycles. The first kappa shape index (κ1) is 14.3. The minimum atomic E-state index is 0.121. The molecule has 1 aromatic rings. The molecule has 1 amide bonds. The highest BCUT2D eigenvalue weighted by atomic mass is 79.9. The van der Waals surface area contributed by atoms with Crippen LogP contribution >= 0.6 is 15.9 Å². The van der Waals surface area contributed by atoms with Crippen LogP contribution in [-0.4, -0.2) is 44.2 Å². The molecule has 0 aromatic heterocycles. The number of hydrogen-bond acceptors (Lipinski definition) is 3. The van der Waals surface area contributed by atoms with Gasteiger partial charge in [-0.3, -0.25) is 4.79 Å². The molecule has 19 heavy (non-hydrogen) atoms. The average Bonchev–Trinajstić information content (AvgIpc) is 2.88. The minimum Gasteiger partial charge on any atom is -0.496 e. The SMILES string of the molecule is COc1ccc(Br)cc1CC(=O)N1CC[C@@H](OC)C1. The normalized spacial score (nSPS) is 18.7. The van der Waals surface area contributed by atoms with E-state index >= 15 is 0 Å². The summed E-state index contributed by atoms with van der Waals surface area (Å²) >= 11 is 3.42. The van der Waals surface area contributed by atoms with Crippen LogP contribution in [0.5, 0.6) is 5.75 Å². The third-order valence-corrected chi connectivity index (χ3v) is 3.91. The molecular weight excluding hydrogens is 310 g/mol. The molecule has 0 saturated carbocycles. The van der Waals surface area contributed by atoms with Crippen LogP contribution in [0, 0.1) is 0 Å². The van der Waals surface area contributed by atoms with Gasteiger partial charge in [-0.25, -0.2) is 0 Å². The molecule has 0 bridgehead atoms. The molecule has 5 heteroatoms. The average molecular weight is 328 g/mol. The summed E-state index contributed by atoms with van der Waals surface area (Å²) < 4.78 is 11.5. The number of rotatable bonds is 4. The van der Waals surface area contributed by atoms with E-state index in [-0.39, 0.29) is 12.0 Å². The summed E-state index contributed by atoms with van der Waals surface area (Å²) in [5, 5.41) is 0. The van der Waals surface area contributed by atoms with E-state index in [0.29, 0.717) is 13.0 Å². The van der Waals surface area contributed by atoms with E-state index in [1.807, 2.05) is 23.1 Å². The molecule has 0 unspecified atom stereocenters. The van der Waals surface area contributed by atoms with Crippen LogP contribution in [0.1, 0.15) is 12.0 Å². The van der Waals surface area contributed by atoms with Crippen LogP contribution < -0.4 is 4.74 Å². The Morgan fingerprint density at radius 3 is 2.89 bits per heavy atom. The van der Waals surface area contributed by atoms with Crippen molar-refractivity contribution in [2.75, 3.05) is 27.3 Å². The molecule has 1 heterocycles. The zero-order chi connectivity index (χ0) is 13.8. The van der Waals surface area contributed by atoms with E-state index < -0.39 is 0 Å². The summed E-state index contributed by atoms with van der Waals surface area (Å²) in [7, 11) is 3.31. The summed E-state index contributed by atoms with van der Waals surface area (Å²) in [6, 6.07) is 5.71. The topological polar surface area (TPSA) is 38.8 Å². The van der Waals surface area contributed by atoms with Gasteiger partial charge in [0.05, 0.1) is 19.6 Å². The number of ether oxygens (including phenoxy) is 2. The van der Waals surface area contributed by atoms with Crippen LogP contribution in [0.15, 0.2) is 22.7 Å². The number of likely N-dealkylation sites (tertiary alicyclic amines) is 1. The molecule has 2 rings (SSSR count). The molecule has 0 N–H and O–H groups in total. The summed E-state index contributed by atoms with van der Waals surface area (Å²) in [4.78, 5) is 14.1. The maximum Gasteiger partial charge on any atom is 0.227 e. The van der Waals surface area contributed by atoms with Gasteiger partial charge in [0.15, 0.2) is 0 Å². The number of halogens is 1. The third-order valence-electron chi connectivity index (χ3n) is 3.42. The largest absolute Gasteiger partial charge is 0.496 e. The molecular formula is C14H18BrNO3. The second-order valence-electron chi connectivity index (χ2n) is 4.62. The van der Waals surface area contributed by atoms with Gasteiger partial charge in [-0.1, -0.05) is 15.9 Å². The maximum atomic E-state index is 12.3. The number of hydrogen-bond donors (Lipinski definition) is 0. The monoisotopic (exact) mass is 327 g/mol. The zero-order valence-electron chi connectivity index (χ0n) is 11.2. The van der Waals surface area contributed by atoms with Gasteiger partial charge in [-0.2, -0.15) is 0 Å². The van der Waals surface area contributed by atoms with Crippen molar-refractivity contribution in [1.82, 2.24) is 4.90 Å². The van der Waals surface area contributed by atoms with Crippen LogP contribution in [-0.2, 0) is 16.0 Å². The van der Waals surface area contributed by atoms with Gasteiger partial charge in [0.2, 0.25) is 5.91 Å². The Kier molecular flexibility index (Phi) is 4.82. The van der Waals surface area contributed by atoms with Crippen molar-refractivity contribution >= 4 is 21.8 Å². The second-order valence-corrected chi connectivity index (χ2v) is 5.53. The fourth-order valence-corrected chi connectivity index (χ4v) is 2.72.